The minimum absolute atomic E-state index is 0.00933. The quantitative estimate of drug-likeness (QED) is 0.907. The van der Waals surface area contributed by atoms with E-state index < -0.39 is 6.04 Å². The first kappa shape index (κ1) is 16.1. The van der Waals surface area contributed by atoms with Crippen LogP contribution in [0.1, 0.15) is 25.8 Å². The molecule has 124 valence electrons. The van der Waals surface area contributed by atoms with Gasteiger partial charge in [-0.05, 0) is 25.3 Å². The molecular weight excluding hydrogens is 314 g/mol. The lowest BCUT2D eigenvalue weighted by atomic mass is 10.2. The summed E-state index contributed by atoms with van der Waals surface area (Å²) in [6, 6.07) is 3.53. The van der Waals surface area contributed by atoms with Gasteiger partial charge in [-0.25, -0.2) is 0 Å². The van der Waals surface area contributed by atoms with Crippen molar-refractivity contribution in [3.05, 3.63) is 23.4 Å². The van der Waals surface area contributed by atoms with E-state index in [1.165, 1.54) is 0 Å². The van der Waals surface area contributed by atoms with Crippen molar-refractivity contribution in [1.82, 2.24) is 19.9 Å². The highest BCUT2D eigenvalue weighted by atomic mass is 32.1. The standard InChI is InChI=1S/C15H21N5O2S/c1-10(16)15(21)20-7-5-19(6-8-20)11(2)14-17-13(18-22-14)12-4-3-9-23-12/h3-4,9-11H,5-8,16H2,1-2H3/t10-,11?/m1/s1. The van der Waals surface area contributed by atoms with Gasteiger partial charge in [-0.15, -0.1) is 11.3 Å². The number of nitrogens with two attached hydrogens (primary N) is 1. The lowest BCUT2D eigenvalue weighted by Crippen LogP contribution is -2.52. The normalized spacial score (nSPS) is 18.8. The Balaban J connectivity index is 1.61. The molecule has 0 spiro atoms. The maximum atomic E-state index is 11.9. The number of piperazine rings is 1. The van der Waals surface area contributed by atoms with Gasteiger partial charge in [0, 0.05) is 26.2 Å². The predicted molar refractivity (Wildman–Crippen MR) is 87.8 cm³/mol. The smallest absolute Gasteiger partial charge is 0.244 e. The highest BCUT2D eigenvalue weighted by Crippen LogP contribution is 2.25. The Hall–Kier alpha value is -1.77. The molecular formula is C15H21N5O2S. The maximum Gasteiger partial charge on any atom is 0.244 e. The first-order chi connectivity index (χ1) is 11.1. The topological polar surface area (TPSA) is 88.5 Å². The van der Waals surface area contributed by atoms with Gasteiger partial charge < -0.3 is 15.2 Å². The summed E-state index contributed by atoms with van der Waals surface area (Å²) in [5.41, 5.74) is 5.66. The second-order valence-corrected chi connectivity index (χ2v) is 6.71. The minimum Gasteiger partial charge on any atom is -0.339 e. The number of rotatable bonds is 4. The average Bonchev–Trinajstić information content (AvgIpc) is 3.24. The fourth-order valence-corrected chi connectivity index (χ4v) is 3.33. The van der Waals surface area contributed by atoms with E-state index in [0.717, 1.165) is 18.0 Å². The average molecular weight is 335 g/mol. The Morgan fingerprint density at radius 1 is 1.35 bits per heavy atom. The van der Waals surface area contributed by atoms with Crippen molar-refractivity contribution in [2.45, 2.75) is 25.9 Å². The first-order valence-electron chi connectivity index (χ1n) is 7.72. The van der Waals surface area contributed by atoms with Gasteiger partial charge in [0.25, 0.3) is 0 Å². The molecule has 0 aliphatic carbocycles. The van der Waals surface area contributed by atoms with Crippen molar-refractivity contribution in [1.29, 1.82) is 0 Å². The van der Waals surface area contributed by atoms with Crippen molar-refractivity contribution < 1.29 is 9.32 Å². The van der Waals surface area contributed by atoms with Gasteiger partial charge in [-0.3, -0.25) is 9.69 Å². The van der Waals surface area contributed by atoms with E-state index >= 15 is 0 Å². The summed E-state index contributed by atoms with van der Waals surface area (Å²) in [4.78, 5) is 21.5. The molecule has 1 amide bonds. The molecule has 8 heteroatoms. The van der Waals surface area contributed by atoms with Crippen LogP contribution >= 0.6 is 11.3 Å². The zero-order valence-corrected chi connectivity index (χ0v) is 14.1. The van der Waals surface area contributed by atoms with E-state index in [-0.39, 0.29) is 11.9 Å². The van der Waals surface area contributed by atoms with Crippen LogP contribution in [0.2, 0.25) is 0 Å². The summed E-state index contributed by atoms with van der Waals surface area (Å²) < 4.78 is 5.42. The van der Waals surface area contributed by atoms with Gasteiger partial charge in [-0.1, -0.05) is 11.2 Å². The highest BCUT2D eigenvalue weighted by molar-refractivity contribution is 7.13. The summed E-state index contributed by atoms with van der Waals surface area (Å²) >= 11 is 1.59. The van der Waals surface area contributed by atoms with Crippen molar-refractivity contribution in [2.24, 2.45) is 5.73 Å². The number of thiophene rings is 1. The Kier molecular flexibility index (Phi) is 4.74. The van der Waals surface area contributed by atoms with Gasteiger partial charge in [-0.2, -0.15) is 4.98 Å². The monoisotopic (exact) mass is 335 g/mol. The number of carbonyl (C=O) groups is 1. The van der Waals surface area contributed by atoms with Crippen LogP contribution in [-0.2, 0) is 4.79 Å². The molecule has 1 unspecified atom stereocenters. The molecule has 2 aromatic heterocycles. The molecule has 1 aliphatic rings. The van der Waals surface area contributed by atoms with Crippen molar-refractivity contribution in [3.63, 3.8) is 0 Å². The molecule has 1 aliphatic heterocycles. The number of hydrogen-bond acceptors (Lipinski definition) is 7. The number of amides is 1. The fraction of sp³-hybridized carbons (Fsp3) is 0.533. The zero-order valence-electron chi connectivity index (χ0n) is 13.3. The molecule has 3 heterocycles. The predicted octanol–water partition coefficient (Wildman–Crippen LogP) is 1.35. The van der Waals surface area contributed by atoms with E-state index in [1.54, 1.807) is 18.3 Å². The van der Waals surface area contributed by atoms with E-state index in [4.69, 9.17) is 10.3 Å². The number of carbonyl (C=O) groups excluding carboxylic acids is 1. The third kappa shape index (κ3) is 3.44. The summed E-state index contributed by atoms with van der Waals surface area (Å²) in [6.07, 6.45) is 0. The van der Waals surface area contributed by atoms with Crippen molar-refractivity contribution in [3.8, 4) is 10.7 Å². The molecule has 3 rings (SSSR count). The first-order valence-corrected chi connectivity index (χ1v) is 8.60. The van der Waals surface area contributed by atoms with Crippen LogP contribution in [0.3, 0.4) is 0 Å². The molecule has 1 fully saturated rings. The zero-order chi connectivity index (χ0) is 16.4. The van der Waals surface area contributed by atoms with Gasteiger partial charge in [0.05, 0.1) is 17.0 Å². The summed E-state index contributed by atoms with van der Waals surface area (Å²) in [5, 5.41) is 6.05. The molecule has 0 saturated carbocycles. The second kappa shape index (κ2) is 6.77. The Morgan fingerprint density at radius 2 is 2.09 bits per heavy atom. The van der Waals surface area contributed by atoms with Crippen LogP contribution in [0, 0.1) is 0 Å². The van der Waals surface area contributed by atoms with Gasteiger partial charge in [0.15, 0.2) is 0 Å². The number of nitrogens with zero attached hydrogens (tertiary/aromatic N) is 4. The summed E-state index contributed by atoms with van der Waals surface area (Å²) in [7, 11) is 0. The molecule has 2 N–H and O–H groups in total. The van der Waals surface area contributed by atoms with E-state index in [1.807, 2.05) is 22.4 Å². The Labute approximate surface area is 139 Å². The molecule has 2 atom stereocenters. The summed E-state index contributed by atoms with van der Waals surface area (Å²) in [6.45, 7) is 6.68. The van der Waals surface area contributed by atoms with E-state index in [2.05, 4.69) is 22.0 Å². The molecule has 1 saturated heterocycles. The van der Waals surface area contributed by atoms with Gasteiger partial charge in [0.1, 0.15) is 0 Å². The van der Waals surface area contributed by atoms with Crippen LogP contribution < -0.4 is 5.73 Å². The van der Waals surface area contributed by atoms with E-state index in [9.17, 15) is 4.79 Å². The van der Waals surface area contributed by atoms with Crippen LogP contribution in [-0.4, -0.2) is 58.1 Å². The van der Waals surface area contributed by atoms with Crippen LogP contribution in [0.4, 0.5) is 0 Å². The Morgan fingerprint density at radius 3 is 2.70 bits per heavy atom. The van der Waals surface area contributed by atoms with Crippen molar-refractivity contribution >= 4 is 17.2 Å². The molecule has 2 aromatic rings. The lowest BCUT2D eigenvalue weighted by Gasteiger charge is -2.37. The molecule has 7 nitrogen and oxygen atoms in total. The van der Waals surface area contributed by atoms with Crippen LogP contribution in [0.5, 0.6) is 0 Å². The molecule has 23 heavy (non-hydrogen) atoms. The van der Waals surface area contributed by atoms with Crippen molar-refractivity contribution in [2.75, 3.05) is 26.2 Å². The lowest BCUT2D eigenvalue weighted by molar-refractivity contribution is -0.134. The number of aromatic nitrogens is 2. The maximum absolute atomic E-state index is 11.9. The SMILES string of the molecule is CC(c1nc(-c2cccs2)no1)N1CCN(C(=O)[C@@H](C)N)CC1. The largest absolute Gasteiger partial charge is 0.339 e. The third-order valence-electron chi connectivity index (χ3n) is 4.10. The molecule has 0 bridgehead atoms. The highest BCUT2D eigenvalue weighted by Gasteiger charge is 2.28. The Bertz CT molecular complexity index is 647. The number of hydrogen-bond donors (Lipinski definition) is 1. The van der Waals surface area contributed by atoms with Gasteiger partial charge >= 0.3 is 0 Å². The second-order valence-electron chi connectivity index (χ2n) is 5.76. The van der Waals surface area contributed by atoms with Crippen LogP contribution in [0.15, 0.2) is 22.0 Å². The van der Waals surface area contributed by atoms with Gasteiger partial charge in [0.2, 0.25) is 17.6 Å². The van der Waals surface area contributed by atoms with Crippen LogP contribution in [0.25, 0.3) is 10.7 Å². The summed E-state index contributed by atoms with van der Waals surface area (Å²) in [5.74, 6) is 1.25. The molecule has 0 radical (unpaired) electrons. The van der Waals surface area contributed by atoms with E-state index in [0.29, 0.717) is 24.8 Å². The fourth-order valence-electron chi connectivity index (χ4n) is 2.68. The third-order valence-corrected chi connectivity index (χ3v) is 4.97. The minimum atomic E-state index is -0.441. The molecule has 0 aromatic carbocycles.